The highest BCUT2D eigenvalue weighted by Crippen LogP contribution is 2.13. The molecule has 118 valence electrons. The Morgan fingerprint density at radius 2 is 2.00 bits per heavy atom. The van der Waals surface area contributed by atoms with E-state index in [4.69, 9.17) is 15.7 Å². The first-order valence-corrected chi connectivity index (χ1v) is 6.56. The lowest BCUT2D eigenvalue weighted by Gasteiger charge is -2.26. The van der Waals surface area contributed by atoms with Crippen LogP contribution in [-0.2, 0) is 4.79 Å². The Hall–Kier alpha value is -2.56. The van der Waals surface area contributed by atoms with E-state index in [9.17, 15) is 9.59 Å². The fourth-order valence-electron chi connectivity index (χ4n) is 1.54. The van der Waals surface area contributed by atoms with Crippen LogP contribution in [0.1, 0.15) is 24.2 Å². The van der Waals surface area contributed by atoms with Crippen LogP contribution in [0.3, 0.4) is 0 Å². The van der Waals surface area contributed by atoms with Crippen molar-refractivity contribution in [3.05, 3.63) is 29.8 Å². The van der Waals surface area contributed by atoms with Crippen LogP contribution in [0.4, 0.5) is 0 Å². The number of carbonyl (C=O) groups is 2. The van der Waals surface area contributed by atoms with E-state index in [-0.39, 0.29) is 13.2 Å². The van der Waals surface area contributed by atoms with Crippen molar-refractivity contribution in [3.8, 4) is 17.6 Å². The molecule has 0 spiro atoms. The standard InChI is InChI=1S/C15H19N3O4/c1-3-4-9-22-12-7-5-11(6-8-12)13(19)17-15(2,10-16)14(20)18-21/h5-8,21H,9-10,16H2,1-2H3,(H,17,19)(H,18,20). The van der Waals surface area contributed by atoms with Gasteiger partial charge in [-0.1, -0.05) is 5.92 Å². The molecule has 0 aliphatic carbocycles. The third-order valence-corrected chi connectivity index (χ3v) is 3.00. The highest BCUT2D eigenvalue weighted by Gasteiger charge is 2.33. The maximum Gasteiger partial charge on any atom is 0.270 e. The molecule has 0 aliphatic rings. The Balaban J connectivity index is 2.76. The number of benzene rings is 1. The highest BCUT2D eigenvalue weighted by molar-refractivity contribution is 5.99. The zero-order chi connectivity index (χ0) is 16.6. The van der Waals surface area contributed by atoms with E-state index in [0.717, 1.165) is 0 Å². The average molecular weight is 305 g/mol. The predicted octanol–water partition coefficient (Wildman–Crippen LogP) is 0.0413. The molecule has 1 unspecified atom stereocenters. The van der Waals surface area contributed by atoms with Gasteiger partial charge in [0.05, 0.1) is 0 Å². The Labute approximate surface area is 128 Å². The summed E-state index contributed by atoms with van der Waals surface area (Å²) < 4.78 is 5.34. The van der Waals surface area contributed by atoms with Crippen LogP contribution in [0.2, 0.25) is 0 Å². The van der Waals surface area contributed by atoms with E-state index < -0.39 is 17.4 Å². The average Bonchev–Trinajstić information content (AvgIpc) is 2.54. The normalized spacial score (nSPS) is 12.4. The van der Waals surface area contributed by atoms with E-state index in [2.05, 4.69) is 17.2 Å². The fraction of sp³-hybridized carbons (Fsp3) is 0.333. The summed E-state index contributed by atoms with van der Waals surface area (Å²) in [7, 11) is 0. The first-order valence-electron chi connectivity index (χ1n) is 6.56. The molecular formula is C15H19N3O4. The molecule has 0 aliphatic heterocycles. The summed E-state index contributed by atoms with van der Waals surface area (Å²) in [5, 5.41) is 11.2. The first kappa shape index (κ1) is 17.5. The lowest BCUT2D eigenvalue weighted by molar-refractivity contribution is -0.134. The molecular weight excluding hydrogens is 286 g/mol. The van der Waals surface area contributed by atoms with E-state index in [1.165, 1.54) is 12.4 Å². The SMILES string of the molecule is CC#CCOc1ccc(C(=O)NC(C)(CN)C(=O)NO)cc1. The molecule has 0 saturated heterocycles. The molecule has 2 amide bonds. The summed E-state index contributed by atoms with van der Waals surface area (Å²) >= 11 is 0. The van der Waals surface area contributed by atoms with Gasteiger partial charge in [-0.2, -0.15) is 0 Å². The van der Waals surface area contributed by atoms with Crippen molar-refractivity contribution in [2.75, 3.05) is 13.2 Å². The van der Waals surface area contributed by atoms with Crippen LogP contribution < -0.4 is 21.3 Å². The summed E-state index contributed by atoms with van der Waals surface area (Å²) in [5.74, 6) is 4.76. The van der Waals surface area contributed by atoms with Gasteiger partial charge in [-0.25, -0.2) is 5.48 Å². The molecule has 1 atom stereocenters. The largest absolute Gasteiger partial charge is 0.481 e. The lowest BCUT2D eigenvalue weighted by atomic mass is 10.0. The molecule has 1 rings (SSSR count). The number of hydrogen-bond donors (Lipinski definition) is 4. The minimum atomic E-state index is -1.41. The molecule has 1 aromatic rings. The Morgan fingerprint density at radius 3 is 2.50 bits per heavy atom. The molecule has 7 nitrogen and oxygen atoms in total. The minimum Gasteiger partial charge on any atom is -0.481 e. The van der Waals surface area contributed by atoms with Gasteiger partial charge in [0, 0.05) is 12.1 Å². The Bertz CT molecular complexity index is 589. The van der Waals surface area contributed by atoms with Crippen LogP contribution >= 0.6 is 0 Å². The molecule has 0 heterocycles. The number of carbonyl (C=O) groups excluding carboxylic acids is 2. The zero-order valence-electron chi connectivity index (χ0n) is 12.5. The van der Waals surface area contributed by atoms with E-state index >= 15 is 0 Å². The Morgan fingerprint density at radius 1 is 1.36 bits per heavy atom. The van der Waals surface area contributed by atoms with Crippen molar-refractivity contribution in [3.63, 3.8) is 0 Å². The van der Waals surface area contributed by atoms with E-state index in [1.54, 1.807) is 31.2 Å². The van der Waals surface area contributed by atoms with Gasteiger partial charge in [-0.3, -0.25) is 14.8 Å². The summed E-state index contributed by atoms with van der Waals surface area (Å²) in [6, 6.07) is 6.35. The monoisotopic (exact) mass is 305 g/mol. The smallest absolute Gasteiger partial charge is 0.270 e. The van der Waals surface area contributed by atoms with Crippen molar-refractivity contribution in [1.82, 2.24) is 10.8 Å². The van der Waals surface area contributed by atoms with Crippen LogP contribution in [0.15, 0.2) is 24.3 Å². The topological polar surface area (TPSA) is 114 Å². The molecule has 1 aromatic carbocycles. The van der Waals surface area contributed by atoms with Gasteiger partial charge in [0.15, 0.2) is 0 Å². The van der Waals surface area contributed by atoms with Gasteiger partial charge < -0.3 is 15.8 Å². The molecule has 0 aromatic heterocycles. The highest BCUT2D eigenvalue weighted by atomic mass is 16.5. The van der Waals surface area contributed by atoms with Gasteiger partial charge in [0.2, 0.25) is 0 Å². The second-order valence-electron chi connectivity index (χ2n) is 4.67. The maximum atomic E-state index is 12.1. The number of hydrogen-bond acceptors (Lipinski definition) is 5. The van der Waals surface area contributed by atoms with Gasteiger partial charge in [-0.05, 0) is 38.1 Å². The number of nitrogens with two attached hydrogens (primary N) is 1. The molecule has 0 saturated carbocycles. The number of rotatable bonds is 6. The fourth-order valence-corrected chi connectivity index (χ4v) is 1.54. The van der Waals surface area contributed by atoms with E-state index in [1.807, 2.05) is 0 Å². The van der Waals surface area contributed by atoms with Crippen molar-refractivity contribution < 1.29 is 19.5 Å². The van der Waals surface area contributed by atoms with Crippen LogP contribution in [-0.4, -0.2) is 35.7 Å². The molecule has 7 heteroatoms. The zero-order valence-corrected chi connectivity index (χ0v) is 12.5. The molecule has 0 radical (unpaired) electrons. The third kappa shape index (κ3) is 4.48. The van der Waals surface area contributed by atoms with Gasteiger partial charge in [0.25, 0.3) is 11.8 Å². The Kier molecular flexibility index (Phi) is 6.38. The van der Waals surface area contributed by atoms with Crippen molar-refractivity contribution in [2.24, 2.45) is 5.73 Å². The van der Waals surface area contributed by atoms with Crippen LogP contribution in [0, 0.1) is 11.8 Å². The van der Waals surface area contributed by atoms with Crippen molar-refractivity contribution in [2.45, 2.75) is 19.4 Å². The molecule has 0 bridgehead atoms. The van der Waals surface area contributed by atoms with Crippen molar-refractivity contribution >= 4 is 11.8 Å². The molecule has 0 fully saturated rings. The second kappa shape index (κ2) is 8.02. The first-order chi connectivity index (χ1) is 10.5. The number of nitrogens with one attached hydrogen (secondary N) is 2. The minimum absolute atomic E-state index is 0.165. The quantitative estimate of drug-likeness (QED) is 0.337. The summed E-state index contributed by atoms with van der Waals surface area (Å²) in [5.41, 5.74) is 5.89. The predicted molar refractivity (Wildman–Crippen MR) is 80.2 cm³/mol. The number of amides is 2. The summed E-state index contributed by atoms with van der Waals surface area (Å²) in [6.45, 7) is 3.23. The lowest BCUT2D eigenvalue weighted by Crippen LogP contribution is -2.60. The maximum absolute atomic E-state index is 12.1. The van der Waals surface area contributed by atoms with Crippen LogP contribution in [0.25, 0.3) is 0 Å². The number of hydroxylamine groups is 1. The molecule has 5 N–H and O–H groups in total. The number of ether oxygens (including phenoxy) is 1. The van der Waals surface area contributed by atoms with Crippen LogP contribution in [0.5, 0.6) is 5.75 Å². The van der Waals surface area contributed by atoms with Crippen molar-refractivity contribution in [1.29, 1.82) is 0 Å². The summed E-state index contributed by atoms with van der Waals surface area (Å²) in [6.07, 6.45) is 0. The third-order valence-electron chi connectivity index (χ3n) is 3.00. The van der Waals surface area contributed by atoms with Gasteiger partial charge in [-0.15, -0.1) is 5.92 Å². The van der Waals surface area contributed by atoms with Gasteiger partial charge in [0.1, 0.15) is 17.9 Å². The van der Waals surface area contributed by atoms with E-state index in [0.29, 0.717) is 11.3 Å². The molecule has 22 heavy (non-hydrogen) atoms. The second-order valence-corrected chi connectivity index (χ2v) is 4.67. The van der Waals surface area contributed by atoms with Gasteiger partial charge >= 0.3 is 0 Å². The summed E-state index contributed by atoms with van der Waals surface area (Å²) in [4.78, 5) is 23.7.